The lowest BCUT2D eigenvalue weighted by molar-refractivity contribution is -0.119. The summed E-state index contributed by atoms with van der Waals surface area (Å²) in [6.07, 6.45) is 0. The molecule has 11 heavy (non-hydrogen) atoms. The van der Waals surface area contributed by atoms with Crippen LogP contribution in [0.15, 0.2) is 4.99 Å². The van der Waals surface area contributed by atoms with E-state index in [9.17, 15) is 4.79 Å². The maximum absolute atomic E-state index is 10.6. The Labute approximate surface area is 66.6 Å². The molecule has 4 heteroatoms. The van der Waals surface area contributed by atoms with Crippen LogP contribution in [-0.2, 0) is 9.53 Å². The van der Waals surface area contributed by atoms with E-state index >= 15 is 0 Å². The van der Waals surface area contributed by atoms with Gasteiger partial charge >= 0.3 is 0 Å². The van der Waals surface area contributed by atoms with Crippen molar-refractivity contribution in [3.63, 3.8) is 0 Å². The first kappa shape index (κ1) is 9.94. The Balaban J connectivity index is 3.63. The average Bonchev–Trinajstić information content (AvgIpc) is 2.01. The molecule has 0 aromatic carbocycles. The van der Waals surface area contributed by atoms with Gasteiger partial charge in [0.2, 0.25) is 5.91 Å². The van der Waals surface area contributed by atoms with Crippen molar-refractivity contribution in [3.05, 3.63) is 0 Å². The van der Waals surface area contributed by atoms with Crippen LogP contribution in [0.25, 0.3) is 0 Å². The van der Waals surface area contributed by atoms with Crippen LogP contribution in [0.2, 0.25) is 0 Å². The molecule has 0 aliphatic carbocycles. The molecule has 1 amide bonds. The standard InChI is InChI=1S/C7H14N2O2/c1-4-11-6(2)9-5-7(10)8-3/h4-5H2,1-3H3,(H,8,10). The molecule has 0 aliphatic rings. The highest BCUT2D eigenvalue weighted by Crippen LogP contribution is 1.81. The second-order valence-corrected chi connectivity index (χ2v) is 1.94. The third kappa shape index (κ3) is 5.39. The molecule has 0 aliphatic heterocycles. The average molecular weight is 158 g/mol. The van der Waals surface area contributed by atoms with Gasteiger partial charge in [-0.05, 0) is 6.92 Å². The van der Waals surface area contributed by atoms with Crippen molar-refractivity contribution < 1.29 is 9.53 Å². The van der Waals surface area contributed by atoms with E-state index in [1.165, 1.54) is 0 Å². The number of hydrogen-bond acceptors (Lipinski definition) is 3. The van der Waals surface area contributed by atoms with Crippen LogP contribution in [-0.4, -0.2) is 32.0 Å². The lowest BCUT2D eigenvalue weighted by Crippen LogP contribution is -2.21. The summed E-state index contributed by atoms with van der Waals surface area (Å²) in [5, 5.41) is 2.46. The number of rotatable bonds is 3. The number of carbonyl (C=O) groups excluding carboxylic acids is 1. The number of ether oxygens (including phenoxy) is 1. The van der Waals surface area contributed by atoms with Crippen LogP contribution in [0.3, 0.4) is 0 Å². The predicted octanol–water partition coefficient (Wildman–Crippen LogP) is 0.187. The van der Waals surface area contributed by atoms with Crippen molar-refractivity contribution in [3.8, 4) is 0 Å². The van der Waals surface area contributed by atoms with Crippen molar-refractivity contribution >= 4 is 11.8 Å². The van der Waals surface area contributed by atoms with Crippen LogP contribution in [0.4, 0.5) is 0 Å². The molecule has 0 rings (SSSR count). The van der Waals surface area contributed by atoms with Crippen LogP contribution in [0.5, 0.6) is 0 Å². The van der Waals surface area contributed by atoms with Gasteiger partial charge in [0.15, 0.2) is 5.90 Å². The van der Waals surface area contributed by atoms with Gasteiger partial charge in [0.05, 0.1) is 6.61 Å². The second-order valence-electron chi connectivity index (χ2n) is 1.94. The van der Waals surface area contributed by atoms with E-state index in [4.69, 9.17) is 4.74 Å². The molecule has 4 nitrogen and oxygen atoms in total. The van der Waals surface area contributed by atoms with Gasteiger partial charge in [-0.3, -0.25) is 4.79 Å². The summed E-state index contributed by atoms with van der Waals surface area (Å²) in [4.78, 5) is 14.5. The first-order valence-electron chi connectivity index (χ1n) is 3.55. The van der Waals surface area contributed by atoms with Crippen LogP contribution >= 0.6 is 0 Å². The van der Waals surface area contributed by atoms with Crippen LogP contribution in [0.1, 0.15) is 13.8 Å². The molecule has 0 radical (unpaired) electrons. The first-order chi connectivity index (χ1) is 5.20. The topological polar surface area (TPSA) is 50.7 Å². The van der Waals surface area contributed by atoms with Crippen LogP contribution < -0.4 is 5.32 Å². The van der Waals surface area contributed by atoms with Crippen molar-refractivity contribution in [2.75, 3.05) is 20.2 Å². The van der Waals surface area contributed by atoms with Gasteiger partial charge < -0.3 is 10.1 Å². The molecular weight excluding hydrogens is 144 g/mol. The van der Waals surface area contributed by atoms with Crippen LogP contribution in [0, 0.1) is 0 Å². The van der Waals surface area contributed by atoms with Crippen molar-refractivity contribution in [2.45, 2.75) is 13.8 Å². The lowest BCUT2D eigenvalue weighted by atomic mass is 10.6. The van der Waals surface area contributed by atoms with E-state index in [1.807, 2.05) is 6.92 Å². The zero-order valence-corrected chi connectivity index (χ0v) is 7.18. The number of hydrogen-bond donors (Lipinski definition) is 1. The SMILES string of the molecule is CCOC(C)=NCC(=O)NC. The van der Waals surface area contributed by atoms with E-state index in [2.05, 4.69) is 10.3 Å². The molecule has 64 valence electrons. The molecular formula is C7H14N2O2. The molecule has 0 heterocycles. The van der Waals surface area contributed by atoms with Gasteiger partial charge in [-0.1, -0.05) is 0 Å². The Hall–Kier alpha value is -1.06. The summed E-state index contributed by atoms with van der Waals surface area (Å²) < 4.78 is 5.01. The number of aliphatic imine (C=N–C) groups is 1. The quantitative estimate of drug-likeness (QED) is 0.470. The molecule has 0 unspecified atom stereocenters. The zero-order chi connectivity index (χ0) is 8.69. The minimum atomic E-state index is -0.107. The van der Waals surface area contributed by atoms with Gasteiger partial charge in [-0.15, -0.1) is 0 Å². The lowest BCUT2D eigenvalue weighted by Gasteiger charge is -2.00. The monoisotopic (exact) mass is 158 g/mol. The summed E-state index contributed by atoms with van der Waals surface area (Å²) in [5.41, 5.74) is 0. The largest absolute Gasteiger partial charge is 0.481 e. The number of likely N-dealkylation sites (N-methyl/N-ethyl adjacent to an activating group) is 1. The first-order valence-corrected chi connectivity index (χ1v) is 3.55. The normalized spacial score (nSPS) is 11.0. The van der Waals surface area contributed by atoms with E-state index in [-0.39, 0.29) is 12.5 Å². The Morgan fingerprint density at radius 1 is 1.64 bits per heavy atom. The molecule has 0 bridgehead atoms. The summed E-state index contributed by atoms with van der Waals surface area (Å²) >= 11 is 0. The number of amides is 1. The Kier molecular flexibility index (Phi) is 5.15. The fourth-order valence-corrected chi connectivity index (χ4v) is 0.517. The highest BCUT2D eigenvalue weighted by atomic mass is 16.5. The summed E-state index contributed by atoms with van der Waals surface area (Å²) in [6.45, 7) is 4.33. The number of nitrogens with zero attached hydrogens (tertiary/aromatic N) is 1. The van der Waals surface area contributed by atoms with Gasteiger partial charge in [-0.25, -0.2) is 4.99 Å². The highest BCUT2D eigenvalue weighted by Gasteiger charge is 1.94. The molecule has 0 aromatic rings. The Morgan fingerprint density at radius 2 is 2.27 bits per heavy atom. The maximum atomic E-state index is 10.6. The summed E-state index contributed by atoms with van der Waals surface area (Å²) in [7, 11) is 1.58. The summed E-state index contributed by atoms with van der Waals surface area (Å²) in [5.74, 6) is 0.445. The van der Waals surface area contributed by atoms with Gasteiger partial charge in [0, 0.05) is 14.0 Å². The molecule has 0 aromatic heterocycles. The minimum absolute atomic E-state index is 0.107. The molecule has 0 fully saturated rings. The fraction of sp³-hybridized carbons (Fsp3) is 0.714. The third-order valence-corrected chi connectivity index (χ3v) is 1.08. The second kappa shape index (κ2) is 5.70. The van der Waals surface area contributed by atoms with E-state index in [0.717, 1.165) is 0 Å². The van der Waals surface area contributed by atoms with Gasteiger partial charge in [0.25, 0.3) is 0 Å². The predicted molar refractivity (Wildman–Crippen MR) is 43.7 cm³/mol. The Morgan fingerprint density at radius 3 is 2.73 bits per heavy atom. The minimum Gasteiger partial charge on any atom is -0.481 e. The molecule has 0 saturated carbocycles. The van der Waals surface area contributed by atoms with E-state index < -0.39 is 0 Å². The molecule has 0 saturated heterocycles. The van der Waals surface area contributed by atoms with Crippen molar-refractivity contribution in [1.82, 2.24) is 5.32 Å². The Bertz CT molecular complexity index is 155. The van der Waals surface area contributed by atoms with E-state index in [1.54, 1.807) is 14.0 Å². The number of nitrogens with one attached hydrogen (secondary N) is 1. The highest BCUT2D eigenvalue weighted by molar-refractivity contribution is 5.81. The zero-order valence-electron chi connectivity index (χ0n) is 7.18. The third-order valence-electron chi connectivity index (χ3n) is 1.08. The molecule has 0 atom stereocenters. The van der Waals surface area contributed by atoms with E-state index in [0.29, 0.717) is 12.5 Å². The maximum Gasteiger partial charge on any atom is 0.241 e. The molecule has 1 N–H and O–H groups in total. The smallest absolute Gasteiger partial charge is 0.241 e. The summed E-state index contributed by atoms with van der Waals surface area (Å²) in [6, 6.07) is 0. The van der Waals surface area contributed by atoms with Crippen molar-refractivity contribution in [2.24, 2.45) is 4.99 Å². The molecule has 0 spiro atoms. The van der Waals surface area contributed by atoms with Gasteiger partial charge in [0.1, 0.15) is 6.54 Å². The van der Waals surface area contributed by atoms with Crippen molar-refractivity contribution in [1.29, 1.82) is 0 Å². The van der Waals surface area contributed by atoms with Gasteiger partial charge in [-0.2, -0.15) is 0 Å². The number of carbonyl (C=O) groups is 1. The fourth-order valence-electron chi connectivity index (χ4n) is 0.517.